The quantitative estimate of drug-likeness (QED) is 0.153. The van der Waals surface area contributed by atoms with E-state index in [1.807, 2.05) is 0 Å². The van der Waals surface area contributed by atoms with Gasteiger partial charge in [-0.05, 0) is 24.3 Å². The minimum atomic E-state index is -0.711. The van der Waals surface area contributed by atoms with Crippen LogP contribution in [0.25, 0.3) is 0 Å². The first kappa shape index (κ1) is 30.9. The number of aromatic hydroxyl groups is 4. The maximum atomic E-state index is 12.4. The highest BCUT2D eigenvalue weighted by atomic mass is 16.3. The lowest BCUT2D eigenvalue weighted by molar-refractivity contribution is 0.0935. The van der Waals surface area contributed by atoms with Crippen LogP contribution in [0, 0.1) is 0 Å². The molecule has 41 heavy (non-hydrogen) atoms. The van der Waals surface area contributed by atoms with Crippen molar-refractivity contribution < 1.29 is 39.6 Å². The number of benzene rings is 2. The molecular weight excluding hydrogens is 538 g/mol. The summed E-state index contributed by atoms with van der Waals surface area (Å²) >= 11 is 0. The molecule has 4 aliphatic rings. The van der Waals surface area contributed by atoms with E-state index in [-0.39, 0.29) is 48.4 Å². The molecule has 4 heterocycles. The van der Waals surface area contributed by atoms with E-state index >= 15 is 0 Å². The fourth-order valence-corrected chi connectivity index (χ4v) is 3.88. The van der Waals surface area contributed by atoms with E-state index < -0.39 is 46.6 Å². The number of rotatable bonds is 0. The van der Waals surface area contributed by atoms with E-state index in [1.54, 1.807) is 0 Å². The standard InChI is InChI=1S/C26H35N7O8/c34-19-15-1-3-17(21(19)36)25(40)32-13-9-29-10-14-33-26(41)18-4-2-16(20(35)22(18)37)24(39)31-12-8-28-6-5-27-7-11-30-23(15)38/h1-4,27-29,34-37H,5-14H2,(H,30,38)(H,31,39)(H,32,40)(H,33,41). The summed E-state index contributed by atoms with van der Waals surface area (Å²) < 4.78 is 0. The molecule has 0 saturated carbocycles. The van der Waals surface area contributed by atoms with Gasteiger partial charge in [0.15, 0.2) is 23.0 Å². The number of carbonyl (C=O) groups excluding carboxylic acids is 4. The monoisotopic (exact) mass is 573 g/mol. The minimum absolute atomic E-state index is 0.149. The molecular formula is C26H35N7O8. The van der Waals surface area contributed by atoms with Crippen molar-refractivity contribution in [1.29, 1.82) is 0 Å². The van der Waals surface area contributed by atoms with Crippen LogP contribution in [0.2, 0.25) is 0 Å². The zero-order chi connectivity index (χ0) is 29.8. The fourth-order valence-electron chi connectivity index (χ4n) is 3.88. The van der Waals surface area contributed by atoms with Crippen LogP contribution >= 0.6 is 0 Å². The lowest BCUT2D eigenvalue weighted by atomic mass is 10.1. The highest BCUT2D eigenvalue weighted by molar-refractivity contribution is 6.03. The number of nitrogens with one attached hydrogen (secondary N) is 7. The molecule has 2 aromatic carbocycles. The van der Waals surface area contributed by atoms with Crippen molar-refractivity contribution in [3.05, 3.63) is 46.5 Å². The van der Waals surface area contributed by atoms with Gasteiger partial charge < -0.3 is 57.6 Å². The van der Waals surface area contributed by atoms with E-state index in [9.17, 15) is 39.6 Å². The average molecular weight is 574 g/mol. The van der Waals surface area contributed by atoms with Crippen molar-refractivity contribution >= 4 is 23.6 Å². The van der Waals surface area contributed by atoms with E-state index in [0.717, 1.165) is 0 Å². The molecule has 15 nitrogen and oxygen atoms in total. The Labute approximate surface area is 235 Å². The van der Waals surface area contributed by atoms with Crippen LogP contribution in [-0.2, 0) is 0 Å². The summed E-state index contributed by atoms with van der Waals surface area (Å²) in [5.41, 5.74) is -0.745. The Hall–Kier alpha value is -4.60. The molecule has 0 radical (unpaired) electrons. The zero-order valence-electron chi connectivity index (χ0n) is 22.3. The third kappa shape index (κ3) is 8.44. The van der Waals surface area contributed by atoms with Crippen LogP contribution in [0.15, 0.2) is 24.3 Å². The van der Waals surface area contributed by atoms with Gasteiger partial charge in [-0.2, -0.15) is 0 Å². The predicted octanol–water partition coefficient (Wildman–Crippen LogP) is -2.09. The third-order valence-corrected chi connectivity index (χ3v) is 6.11. The predicted molar refractivity (Wildman–Crippen MR) is 147 cm³/mol. The summed E-state index contributed by atoms with van der Waals surface area (Å²) in [5, 5.41) is 60.7. The Kier molecular flexibility index (Phi) is 11.5. The van der Waals surface area contributed by atoms with Gasteiger partial charge in [0.1, 0.15) is 0 Å². The summed E-state index contributed by atoms with van der Waals surface area (Å²) in [6.45, 7) is 3.31. The van der Waals surface area contributed by atoms with E-state index in [4.69, 9.17) is 0 Å². The summed E-state index contributed by atoms with van der Waals surface area (Å²) in [6.07, 6.45) is 0. The highest BCUT2D eigenvalue weighted by Gasteiger charge is 2.22. The first-order valence-electron chi connectivity index (χ1n) is 13.1. The van der Waals surface area contributed by atoms with Gasteiger partial charge >= 0.3 is 0 Å². The third-order valence-electron chi connectivity index (χ3n) is 6.11. The summed E-state index contributed by atoms with van der Waals surface area (Å²) in [7, 11) is 0. The van der Waals surface area contributed by atoms with Crippen LogP contribution < -0.4 is 37.2 Å². The fraction of sp³-hybridized carbons (Fsp3) is 0.385. The Morgan fingerprint density at radius 2 is 0.561 bits per heavy atom. The SMILES string of the molecule is O=C1NCCNCCNCCNC(=O)c2ccc(c(O)c2O)C(=O)NCCNCCNC(=O)c2ccc1c(O)c2O. The molecule has 0 aliphatic carbocycles. The Morgan fingerprint density at radius 1 is 0.366 bits per heavy atom. The number of phenols is 4. The van der Waals surface area contributed by atoms with Gasteiger partial charge in [0.25, 0.3) is 23.6 Å². The topological polar surface area (TPSA) is 233 Å². The van der Waals surface area contributed by atoms with Crippen molar-refractivity contribution in [2.75, 3.05) is 65.4 Å². The van der Waals surface area contributed by atoms with Gasteiger partial charge in [0, 0.05) is 65.4 Å². The second-order valence-electron chi connectivity index (χ2n) is 8.99. The van der Waals surface area contributed by atoms with Crippen LogP contribution in [0.5, 0.6) is 23.0 Å². The lowest BCUT2D eigenvalue weighted by Crippen LogP contribution is -2.37. The molecule has 4 aliphatic heterocycles. The minimum Gasteiger partial charge on any atom is -0.504 e. The summed E-state index contributed by atoms with van der Waals surface area (Å²) in [4.78, 5) is 49.7. The molecule has 0 fully saturated rings. The number of hydrogen-bond acceptors (Lipinski definition) is 11. The normalized spacial score (nSPS) is 17.4. The molecule has 15 heteroatoms. The zero-order valence-corrected chi connectivity index (χ0v) is 22.3. The van der Waals surface area contributed by atoms with Crippen LogP contribution in [0.1, 0.15) is 41.4 Å². The Balaban J connectivity index is 1.63. The number of hydrogen-bond donors (Lipinski definition) is 11. The second-order valence-corrected chi connectivity index (χ2v) is 8.99. The van der Waals surface area contributed by atoms with Crippen LogP contribution in [-0.4, -0.2) is 110 Å². The summed E-state index contributed by atoms with van der Waals surface area (Å²) in [6, 6.07) is 4.98. The molecule has 11 N–H and O–H groups in total. The van der Waals surface area contributed by atoms with E-state index in [0.29, 0.717) is 39.3 Å². The molecule has 6 rings (SSSR count). The molecule has 4 bridgehead atoms. The smallest absolute Gasteiger partial charge is 0.255 e. The molecule has 0 spiro atoms. The Bertz CT molecular complexity index is 1180. The molecule has 0 atom stereocenters. The molecule has 0 saturated heterocycles. The van der Waals surface area contributed by atoms with Crippen LogP contribution in [0.4, 0.5) is 0 Å². The van der Waals surface area contributed by atoms with Gasteiger partial charge in [-0.1, -0.05) is 0 Å². The number of amides is 4. The molecule has 2 aromatic rings. The van der Waals surface area contributed by atoms with Crippen LogP contribution in [0.3, 0.4) is 0 Å². The van der Waals surface area contributed by atoms with E-state index in [2.05, 4.69) is 37.2 Å². The maximum Gasteiger partial charge on any atom is 0.255 e. The van der Waals surface area contributed by atoms with Gasteiger partial charge in [0.05, 0.1) is 22.3 Å². The van der Waals surface area contributed by atoms with Crippen molar-refractivity contribution in [2.24, 2.45) is 0 Å². The number of phenolic OH excluding ortho intramolecular Hbond substituents is 4. The highest BCUT2D eigenvalue weighted by Crippen LogP contribution is 2.33. The van der Waals surface area contributed by atoms with Gasteiger partial charge in [0.2, 0.25) is 0 Å². The Morgan fingerprint density at radius 3 is 0.780 bits per heavy atom. The first-order valence-corrected chi connectivity index (χ1v) is 13.1. The van der Waals surface area contributed by atoms with Crippen molar-refractivity contribution in [2.45, 2.75) is 0 Å². The second kappa shape index (κ2) is 15.3. The number of carbonyl (C=O) groups is 4. The maximum absolute atomic E-state index is 12.4. The van der Waals surface area contributed by atoms with Crippen molar-refractivity contribution in [1.82, 2.24) is 37.2 Å². The average Bonchev–Trinajstić information content (AvgIpc) is 2.95. The molecule has 222 valence electrons. The van der Waals surface area contributed by atoms with Gasteiger partial charge in [-0.15, -0.1) is 0 Å². The lowest BCUT2D eigenvalue weighted by Gasteiger charge is -2.12. The largest absolute Gasteiger partial charge is 0.504 e. The van der Waals surface area contributed by atoms with Gasteiger partial charge in [-0.25, -0.2) is 0 Å². The first-order chi connectivity index (χ1) is 19.7. The van der Waals surface area contributed by atoms with Gasteiger partial charge in [-0.3, -0.25) is 19.2 Å². The molecule has 0 unspecified atom stereocenters. The van der Waals surface area contributed by atoms with Crippen molar-refractivity contribution in [3.8, 4) is 23.0 Å². The van der Waals surface area contributed by atoms with E-state index in [1.165, 1.54) is 24.3 Å². The molecule has 4 amide bonds. The summed E-state index contributed by atoms with van der Waals surface area (Å²) in [5.74, 6) is -5.38. The van der Waals surface area contributed by atoms with Crippen molar-refractivity contribution in [3.63, 3.8) is 0 Å². The molecule has 0 aromatic heterocycles.